The molecule has 0 rings (SSSR count). The van der Waals surface area contributed by atoms with Gasteiger partial charge in [-0.1, -0.05) is 33.6 Å². The first-order valence-electron chi connectivity index (χ1n) is 6.11. The third kappa shape index (κ3) is 5.17. The fraction of sp³-hybridized carbons (Fsp3) is 0.833. The van der Waals surface area contributed by atoms with Crippen molar-refractivity contribution in [1.29, 1.82) is 0 Å². The molecule has 0 aliphatic rings. The molecule has 0 aromatic rings. The number of rotatable bonds is 7. The zero-order chi connectivity index (χ0) is 13.4. The molecule has 100 valence electrons. The quantitative estimate of drug-likeness (QED) is 0.650. The van der Waals surface area contributed by atoms with Crippen LogP contribution in [0.4, 0.5) is 0 Å². The van der Waals surface area contributed by atoms with Gasteiger partial charge < -0.3 is 15.8 Å². The van der Waals surface area contributed by atoms with Gasteiger partial charge in [0.2, 0.25) is 5.91 Å². The number of hydrogen-bond donors (Lipinski definition) is 2. The van der Waals surface area contributed by atoms with Crippen LogP contribution >= 0.6 is 0 Å². The zero-order valence-electron chi connectivity index (χ0n) is 11.2. The summed E-state index contributed by atoms with van der Waals surface area (Å²) in [5.74, 6) is -0.616. The Morgan fingerprint density at radius 3 is 2.35 bits per heavy atom. The third-order valence-corrected chi connectivity index (χ3v) is 2.94. The first kappa shape index (κ1) is 15.9. The molecule has 5 heteroatoms. The first-order valence-corrected chi connectivity index (χ1v) is 6.11. The summed E-state index contributed by atoms with van der Waals surface area (Å²) in [6.07, 6.45) is 2.18. The van der Waals surface area contributed by atoms with Gasteiger partial charge >= 0.3 is 5.97 Å². The monoisotopic (exact) mass is 244 g/mol. The zero-order valence-corrected chi connectivity index (χ0v) is 11.2. The lowest BCUT2D eigenvalue weighted by molar-refractivity contribution is -0.145. The first-order chi connectivity index (χ1) is 7.97. The topological polar surface area (TPSA) is 81.4 Å². The Bertz CT molecular complexity index is 256. The number of amides is 1. The van der Waals surface area contributed by atoms with E-state index in [1.807, 2.05) is 20.8 Å². The van der Waals surface area contributed by atoms with Crippen LogP contribution in [0.2, 0.25) is 0 Å². The summed E-state index contributed by atoms with van der Waals surface area (Å²) in [6.45, 7) is 5.83. The number of nitrogens with one attached hydrogen (secondary N) is 1. The van der Waals surface area contributed by atoms with Gasteiger partial charge in [-0.05, 0) is 12.3 Å². The second kappa shape index (κ2) is 8.06. The molecule has 0 saturated carbocycles. The molecule has 3 atom stereocenters. The predicted octanol–water partition coefficient (Wildman–Crippen LogP) is 0.818. The minimum atomic E-state index is -0.590. The van der Waals surface area contributed by atoms with E-state index in [1.54, 1.807) is 0 Å². The fourth-order valence-electron chi connectivity index (χ4n) is 1.46. The van der Waals surface area contributed by atoms with Crippen molar-refractivity contribution in [3.05, 3.63) is 0 Å². The Balaban J connectivity index is 4.44. The van der Waals surface area contributed by atoms with Gasteiger partial charge in [-0.15, -0.1) is 0 Å². The molecule has 1 amide bonds. The van der Waals surface area contributed by atoms with Crippen molar-refractivity contribution >= 4 is 11.9 Å². The third-order valence-electron chi connectivity index (χ3n) is 2.94. The maximum absolute atomic E-state index is 11.8. The van der Waals surface area contributed by atoms with Gasteiger partial charge in [-0.2, -0.15) is 0 Å². The summed E-state index contributed by atoms with van der Waals surface area (Å²) < 4.78 is 4.64. The fourth-order valence-corrected chi connectivity index (χ4v) is 1.46. The van der Waals surface area contributed by atoms with Crippen LogP contribution in [-0.2, 0) is 14.3 Å². The average Bonchev–Trinajstić information content (AvgIpc) is 2.35. The number of nitrogens with two attached hydrogens (primary N) is 1. The molecular formula is C12H24N2O3. The number of methoxy groups -OCH3 is 1. The molecule has 0 spiro atoms. The molecule has 0 aliphatic carbocycles. The Kier molecular flexibility index (Phi) is 7.54. The second-order valence-corrected chi connectivity index (χ2v) is 4.28. The lowest BCUT2D eigenvalue weighted by Gasteiger charge is -2.21. The highest BCUT2D eigenvalue weighted by molar-refractivity contribution is 5.87. The van der Waals surface area contributed by atoms with E-state index in [0.29, 0.717) is 6.42 Å². The Hall–Kier alpha value is -1.10. The van der Waals surface area contributed by atoms with Crippen LogP contribution in [0.5, 0.6) is 0 Å². The van der Waals surface area contributed by atoms with Crippen molar-refractivity contribution in [3.63, 3.8) is 0 Å². The molecule has 17 heavy (non-hydrogen) atoms. The highest BCUT2D eigenvalue weighted by Crippen LogP contribution is 2.07. The number of carbonyl (C=O) groups excluding carboxylic acids is 2. The summed E-state index contributed by atoms with van der Waals surface area (Å²) in [4.78, 5) is 23.2. The lowest BCUT2D eigenvalue weighted by atomic mass is 9.99. The number of esters is 1. The minimum absolute atomic E-state index is 0.0925. The van der Waals surface area contributed by atoms with Crippen LogP contribution in [0.15, 0.2) is 0 Å². The van der Waals surface area contributed by atoms with Crippen LogP contribution in [0, 0.1) is 5.92 Å². The number of carbonyl (C=O) groups is 2. The SMILES string of the molecule is CCCC(NC(=O)[C@@H](N)[C@@H](C)CC)C(=O)OC. The molecule has 0 fully saturated rings. The molecular weight excluding hydrogens is 220 g/mol. The number of hydrogen-bond acceptors (Lipinski definition) is 4. The predicted molar refractivity (Wildman–Crippen MR) is 66.3 cm³/mol. The highest BCUT2D eigenvalue weighted by Gasteiger charge is 2.25. The Morgan fingerprint density at radius 2 is 1.94 bits per heavy atom. The molecule has 5 nitrogen and oxygen atoms in total. The van der Waals surface area contributed by atoms with Crippen molar-refractivity contribution in [3.8, 4) is 0 Å². The van der Waals surface area contributed by atoms with Gasteiger partial charge in [0.25, 0.3) is 0 Å². The molecule has 3 N–H and O–H groups in total. The van der Waals surface area contributed by atoms with E-state index in [0.717, 1.165) is 12.8 Å². The van der Waals surface area contributed by atoms with E-state index >= 15 is 0 Å². The summed E-state index contributed by atoms with van der Waals surface area (Å²) >= 11 is 0. The standard InChI is InChI=1S/C12H24N2O3/c1-5-7-9(12(16)17-4)14-11(15)10(13)8(3)6-2/h8-10H,5-7,13H2,1-4H3,(H,14,15)/t8-,9?,10-/m0/s1. The molecule has 1 unspecified atom stereocenters. The van der Waals surface area contributed by atoms with Gasteiger partial charge in [0.15, 0.2) is 0 Å². The molecule has 0 aromatic carbocycles. The van der Waals surface area contributed by atoms with Crippen molar-refractivity contribution in [2.45, 2.75) is 52.1 Å². The van der Waals surface area contributed by atoms with Gasteiger partial charge in [0.05, 0.1) is 13.2 Å². The van der Waals surface area contributed by atoms with E-state index in [9.17, 15) is 9.59 Å². The van der Waals surface area contributed by atoms with Crippen molar-refractivity contribution in [2.75, 3.05) is 7.11 Å². The Morgan fingerprint density at radius 1 is 1.35 bits per heavy atom. The van der Waals surface area contributed by atoms with Crippen molar-refractivity contribution in [2.24, 2.45) is 11.7 Å². The minimum Gasteiger partial charge on any atom is -0.467 e. The van der Waals surface area contributed by atoms with Crippen LogP contribution in [0.1, 0.15) is 40.0 Å². The van der Waals surface area contributed by atoms with Crippen molar-refractivity contribution < 1.29 is 14.3 Å². The molecule has 0 saturated heterocycles. The summed E-state index contributed by atoms with van der Waals surface area (Å²) in [7, 11) is 1.31. The summed E-state index contributed by atoms with van der Waals surface area (Å²) in [5, 5.41) is 2.65. The normalized spacial score (nSPS) is 15.8. The molecule has 0 aliphatic heterocycles. The molecule has 0 heterocycles. The number of ether oxygens (including phenoxy) is 1. The van der Waals surface area contributed by atoms with E-state index in [1.165, 1.54) is 7.11 Å². The van der Waals surface area contributed by atoms with E-state index in [-0.39, 0.29) is 11.8 Å². The summed E-state index contributed by atoms with van der Waals surface area (Å²) in [5.41, 5.74) is 5.79. The average molecular weight is 244 g/mol. The molecule has 0 bridgehead atoms. The van der Waals surface area contributed by atoms with Gasteiger partial charge in [0.1, 0.15) is 6.04 Å². The van der Waals surface area contributed by atoms with Gasteiger partial charge in [0, 0.05) is 0 Å². The largest absolute Gasteiger partial charge is 0.467 e. The molecule has 0 radical (unpaired) electrons. The van der Waals surface area contributed by atoms with Gasteiger partial charge in [-0.3, -0.25) is 4.79 Å². The maximum atomic E-state index is 11.8. The smallest absolute Gasteiger partial charge is 0.328 e. The van der Waals surface area contributed by atoms with Crippen LogP contribution in [-0.4, -0.2) is 31.1 Å². The Labute approximate surface area is 103 Å². The van der Waals surface area contributed by atoms with Crippen LogP contribution in [0.3, 0.4) is 0 Å². The van der Waals surface area contributed by atoms with Crippen molar-refractivity contribution in [1.82, 2.24) is 5.32 Å². The van der Waals surface area contributed by atoms with E-state index < -0.39 is 18.1 Å². The van der Waals surface area contributed by atoms with Crippen LogP contribution < -0.4 is 11.1 Å². The lowest BCUT2D eigenvalue weighted by Crippen LogP contribution is -2.50. The van der Waals surface area contributed by atoms with Crippen LogP contribution in [0.25, 0.3) is 0 Å². The highest BCUT2D eigenvalue weighted by atomic mass is 16.5. The van der Waals surface area contributed by atoms with E-state index in [2.05, 4.69) is 10.1 Å². The van der Waals surface area contributed by atoms with Gasteiger partial charge in [-0.25, -0.2) is 4.79 Å². The van der Waals surface area contributed by atoms with E-state index in [4.69, 9.17) is 5.73 Å². The summed E-state index contributed by atoms with van der Waals surface area (Å²) in [6, 6.07) is -1.17. The second-order valence-electron chi connectivity index (χ2n) is 4.28. The maximum Gasteiger partial charge on any atom is 0.328 e. The molecule has 0 aromatic heterocycles.